The zero-order chi connectivity index (χ0) is 26.1. The average molecular weight is 506 g/mol. The lowest BCUT2D eigenvalue weighted by atomic mass is 10.3. The number of nitrogens with zero attached hydrogens (tertiary/aromatic N) is 5. The monoisotopic (exact) mass is 505 g/mol. The molecule has 1 fully saturated rings. The summed E-state index contributed by atoms with van der Waals surface area (Å²) in [7, 11) is 3.28. The number of aromatic nitrogens is 3. The van der Waals surface area contributed by atoms with Gasteiger partial charge in [-0.1, -0.05) is 0 Å². The third-order valence-corrected chi connectivity index (χ3v) is 5.99. The number of ether oxygens (including phenoxy) is 2. The first-order valence-corrected chi connectivity index (χ1v) is 11.5. The first-order chi connectivity index (χ1) is 17.8. The Labute approximate surface area is 211 Å². The first-order valence-electron chi connectivity index (χ1n) is 11.5. The molecular weight excluding hydrogens is 481 g/mol. The molecule has 0 spiro atoms. The fraction of sp³-hybridized carbons (Fsp3) is 0.231. The van der Waals surface area contributed by atoms with Gasteiger partial charge in [0.25, 0.3) is 5.91 Å². The maximum Gasteiger partial charge on any atom is 0.268 e. The summed E-state index contributed by atoms with van der Waals surface area (Å²) in [5, 5.41) is 11.1. The number of rotatable bonds is 7. The van der Waals surface area contributed by atoms with E-state index in [2.05, 4.69) is 9.97 Å². The molecule has 4 aromatic rings. The van der Waals surface area contributed by atoms with Crippen LogP contribution >= 0.6 is 0 Å². The van der Waals surface area contributed by atoms with Crippen LogP contribution in [-0.2, 0) is 16.1 Å². The second kappa shape index (κ2) is 9.76. The highest BCUT2D eigenvalue weighted by Gasteiger charge is 2.35. The Morgan fingerprint density at radius 2 is 1.89 bits per heavy atom. The highest BCUT2D eigenvalue weighted by Crippen LogP contribution is 2.32. The zero-order valence-corrected chi connectivity index (χ0v) is 20.2. The summed E-state index contributed by atoms with van der Waals surface area (Å²) in [6.07, 6.45) is 4.36. The minimum Gasteiger partial charge on any atom is -0.494 e. The molecule has 2 amide bonds. The maximum absolute atomic E-state index is 13.1. The van der Waals surface area contributed by atoms with E-state index < -0.39 is 6.10 Å². The van der Waals surface area contributed by atoms with Gasteiger partial charge in [-0.2, -0.15) is 0 Å². The van der Waals surface area contributed by atoms with E-state index in [1.54, 1.807) is 49.6 Å². The number of hydrogen-bond donors (Lipinski definition) is 1. The van der Waals surface area contributed by atoms with E-state index in [1.807, 2.05) is 0 Å². The lowest BCUT2D eigenvalue weighted by molar-refractivity contribution is -0.129. The van der Waals surface area contributed by atoms with Crippen molar-refractivity contribution < 1.29 is 28.6 Å². The van der Waals surface area contributed by atoms with Gasteiger partial charge in [0.15, 0.2) is 6.10 Å². The van der Waals surface area contributed by atoms with E-state index in [1.165, 1.54) is 39.9 Å². The van der Waals surface area contributed by atoms with Crippen LogP contribution in [0.25, 0.3) is 10.9 Å². The van der Waals surface area contributed by atoms with Crippen LogP contribution < -0.4 is 14.4 Å². The van der Waals surface area contributed by atoms with Crippen LogP contribution in [0.3, 0.4) is 0 Å². The molecule has 0 radical (unpaired) electrons. The largest absolute Gasteiger partial charge is 0.494 e. The van der Waals surface area contributed by atoms with E-state index in [4.69, 9.17) is 9.47 Å². The lowest BCUT2D eigenvalue weighted by Gasteiger charge is -2.17. The van der Waals surface area contributed by atoms with Crippen molar-refractivity contribution in [3.63, 3.8) is 0 Å². The Morgan fingerprint density at radius 1 is 1.14 bits per heavy atom. The second-order valence-corrected chi connectivity index (χ2v) is 8.77. The van der Waals surface area contributed by atoms with Gasteiger partial charge in [0.2, 0.25) is 17.7 Å². The highest BCUT2D eigenvalue weighted by molar-refractivity contribution is 6.00. The van der Waals surface area contributed by atoms with Gasteiger partial charge in [-0.3, -0.25) is 14.6 Å². The van der Waals surface area contributed by atoms with Gasteiger partial charge < -0.3 is 28.9 Å². The molecule has 1 aromatic carbocycles. The van der Waals surface area contributed by atoms with Crippen LogP contribution in [0.2, 0.25) is 0 Å². The van der Waals surface area contributed by atoms with Gasteiger partial charge in [0, 0.05) is 39.3 Å². The van der Waals surface area contributed by atoms with Gasteiger partial charge in [0.1, 0.15) is 23.9 Å². The molecule has 37 heavy (non-hydrogen) atoms. The Kier molecular flexibility index (Phi) is 6.34. The van der Waals surface area contributed by atoms with E-state index in [0.717, 1.165) is 0 Å². The van der Waals surface area contributed by atoms with Crippen molar-refractivity contribution >= 4 is 28.4 Å². The smallest absolute Gasteiger partial charge is 0.268 e. The fourth-order valence-electron chi connectivity index (χ4n) is 3.97. The Balaban J connectivity index is 1.25. The quantitative estimate of drug-likeness (QED) is 0.410. The number of amides is 2. The van der Waals surface area contributed by atoms with Gasteiger partial charge in [-0.15, -0.1) is 0 Å². The van der Waals surface area contributed by atoms with Crippen LogP contribution in [0.15, 0.2) is 61.1 Å². The van der Waals surface area contributed by atoms with Crippen molar-refractivity contribution in [3.05, 3.63) is 66.9 Å². The predicted octanol–water partition coefficient (Wildman–Crippen LogP) is 3.34. The predicted molar refractivity (Wildman–Crippen MR) is 132 cm³/mol. The number of aromatic hydroxyl groups is 1. The maximum atomic E-state index is 13.1. The van der Waals surface area contributed by atoms with Crippen molar-refractivity contribution in [2.24, 2.45) is 0 Å². The summed E-state index contributed by atoms with van der Waals surface area (Å²) >= 11 is 0. The van der Waals surface area contributed by atoms with Crippen LogP contribution in [0.5, 0.6) is 23.3 Å². The van der Waals surface area contributed by atoms with Crippen molar-refractivity contribution in [2.45, 2.75) is 19.1 Å². The molecule has 1 saturated heterocycles. The van der Waals surface area contributed by atoms with Gasteiger partial charge >= 0.3 is 0 Å². The van der Waals surface area contributed by atoms with Crippen LogP contribution in [0, 0.1) is 5.82 Å². The molecule has 1 atom stereocenters. The normalized spacial score (nSPS) is 15.3. The molecular formula is C26H24FN5O5. The number of hydrogen-bond acceptors (Lipinski definition) is 7. The summed E-state index contributed by atoms with van der Waals surface area (Å²) < 4.78 is 25.9. The molecule has 1 unspecified atom stereocenters. The van der Waals surface area contributed by atoms with Crippen molar-refractivity contribution in [1.82, 2.24) is 19.4 Å². The molecule has 4 heterocycles. The standard InChI is InChI=1S/C26H24FN5O5/c1-30(2)24(33)15-31-14-21-20(25(31)34)11-17(12-28-21)32-10-9-22(26(32)35)36-19-7-8-23(29-13-19)37-18-5-3-16(27)4-6-18/h3-8,11-14,22,34H,9-10,15H2,1-2H3. The van der Waals surface area contributed by atoms with Crippen molar-refractivity contribution in [3.8, 4) is 23.3 Å². The molecule has 3 aromatic heterocycles. The average Bonchev–Trinajstić information content (AvgIpc) is 3.40. The second-order valence-electron chi connectivity index (χ2n) is 8.77. The summed E-state index contributed by atoms with van der Waals surface area (Å²) in [5.74, 6) is 0.289. The molecule has 1 aliphatic heterocycles. The minimum absolute atomic E-state index is 0.0230. The molecule has 0 saturated carbocycles. The summed E-state index contributed by atoms with van der Waals surface area (Å²) in [5.41, 5.74) is 1.04. The third-order valence-electron chi connectivity index (χ3n) is 5.99. The number of fused-ring (bicyclic) bond motifs is 1. The molecule has 1 N–H and O–H groups in total. The Bertz CT molecular complexity index is 1450. The zero-order valence-electron chi connectivity index (χ0n) is 20.2. The topological polar surface area (TPSA) is 110 Å². The van der Waals surface area contributed by atoms with E-state index in [0.29, 0.717) is 46.9 Å². The van der Waals surface area contributed by atoms with E-state index in [9.17, 15) is 19.1 Å². The number of benzene rings is 1. The van der Waals surface area contributed by atoms with Crippen LogP contribution in [0.4, 0.5) is 10.1 Å². The molecule has 0 aliphatic carbocycles. The number of carbonyl (C=O) groups is 2. The SMILES string of the molecule is CN(C)C(=O)Cn1cc2ncc(N3CCC(Oc4ccc(Oc5ccc(F)cc5)nc4)C3=O)cc2c1O. The highest BCUT2D eigenvalue weighted by atomic mass is 19.1. The number of anilines is 1. The number of halogens is 1. The summed E-state index contributed by atoms with van der Waals surface area (Å²) in [6, 6.07) is 10.5. The lowest BCUT2D eigenvalue weighted by Crippen LogP contribution is -2.32. The van der Waals surface area contributed by atoms with E-state index in [-0.39, 0.29) is 30.1 Å². The van der Waals surface area contributed by atoms with Crippen molar-refractivity contribution in [1.29, 1.82) is 0 Å². The molecule has 10 nitrogen and oxygen atoms in total. The van der Waals surface area contributed by atoms with Gasteiger partial charge in [-0.05, 0) is 36.4 Å². The minimum atomic E-state index is -0.711. The molecule has 0 bridgehead atoms. The van der Waals surface area contributed by atoms with Gasteiger partial charge in [-0.25, -0.2) is 9.37 Å². The van der Waals surface area contributed by atoms with E-state index >= 15 is 0 Å². The molecule has 1 aliphatic rings. The molecule has 11 heteroatoms. The molecule has 190 valence electrons. The van der Waals surface area contributed by atoms with Gasteiger partial charge in [0.05, 0.1) is 29.0 Å². The number of likely N-dealkylation sites (N-methyl/N-ethyl adjacent to an activating group) is 1. The number of pyridine rings is 2. The Hall–Kier alpha value is -4.67. The van der Waals surface area contributed by atoms with Crippen LogP contribution in [-0.4, -0.2) is 63.1 Å². The Morgan fingerprint density at radius 3 is 2.59 bits per heavy atom. The fourth-order valence-corrected chi connectivity index (χ4v) is 3.97. The van der Waals surface area contributed by atoms with Crippen molar-refractivity contribution in [2.75, 3.05) is 25.5 Å². The third kappa shape index (κ3) is 5.01. The summed E-state index contributed by atoms with van der Waals surface area (Å²) in [4.78, 5) is 36.7. The van der Waals surface area contributed by atoms with Crippen LogP contribution in [0.1, 0.15) is 6.42 Å². The summed E-state index contributed by atoms with van der Waals surface area (Å²) in [6.45, 7) is 0.390. The molecule has 5 rings (SSSR count). The first kappa shape index (κ1) is 24.0. The number of carbonyl (C=O) groups excluding carboxylic acids is 2.